The topological polar surface area (TPSA) is 34.0 Å². The number of piperidine rings is 1. The van der Waals surface area contributed by atoms with Crippen molar-refractivity contribution >= 4 is 0 Å². The van der Waals surface area contributed by atoms with Gasteiger partial charge in [-0.05, 0) is 31.4 Å². The third kappa shape index (κ3) is 3.70. The molecule has 4 nitrogen and oxygen atoms in total. The van der Waals surface area contributed by atoms with Gasteiger partial charge < -0.3 is 0 Å². The molecule has 2 atom stereocenters. The molecule has 1 aliphatic heterocycles. The number of hydrogen-bond acceptors (Lipinski definition) is 3. The van der Waals surface area contributed by atoms with Gasteiger partial charge in [-0.15, -0.1) is 0 Å². The molecule has 128 valence electrons. The summed E-state index contributed by atoms with van der Waals surface area (Å²) in [6.45, 7) is 8.47. The first-order valence-electron chi connectivity index (χ1n) is 8.22. The van der Waals surface area contributed by atoms with Gasteiger partial charge in [0.25, 0.3) is 0 Å². The molecule has 0 radical (unpaired) electrons. The second-order valence-corrected chi connectivity index (χ2v) is 6.42. The standard InChI is InChI=1S/C18H22F2N4/c1-13-5-7-23(8-6-13)14(2)17(10-24-12-21-11-22-24)16-4-3-15(19)9-18(16)20/h3-4,9,11-12,14,17H,1,5-8,10H2,2H3/t14-,17-/m1/s1. The Hall–Kier alpha value is -2.08. The maximum Gasteiger partial charge on any atom is 0.137 e. The van der Waals surface area contributed by atoms with E-state index < -0.39 is 11.6 Å². The quantitative estimate of drug-likeness (QED) is 0.787. The van der Waals surface area contributed by atoms with Crippen molar-refractivity contribution in [2.45, 2.75) is 38.3 Å². The molecule has 0 N–H and O–H groups in total. The Kier molecular flexibility index (Phi) is 5.04. The highest BCUT2D eigenvalue weighted by Crippen LogP contribution is 2.30. The summed E-state index contributed by atoms with van der Waals surface area (Å²) in [5.74, 6) is -1.20. The molecule has 24 heavy (non-hydrogen) atoms. The minimum atomic E-state index is -0.558. The SMILES string of the molecule is C=C1CCN([C@H](C)[C@@H](Cn2cncn2)c2ccc(F)cc2F)CC1. The van der Waals surface area contributed by atoms with Crippen LogP contribution in [0.4, 0.5) is 8.78 Å². The normalized spacial score (nSPS) is 18.5. The predicted octanol–water partition coefficient (Wildman–Crippen LogP) is 3.38. The van der Waals surface area contributed by atoms with E-state index in [2.05, 4.69) is 28.5 Å². The molecule has 1 aromatic heterocycles. The van der Waals surface area contributed by atoms with Crippen LogP contribution in [-0.2, 0) is 6.54 Å². The lowest BCUT2D eigenvalue weighted by Gasteiger charge is -2.38. The van der Waals surface area contributed by atoms with Gasteiger partial charge in [-0.25, -0.2) is 13.8 Å². The number of rotatable bonds is 5. The highest BCUT2D eigenvalue weighted by Gasteiger charge is 2.29. The Labute approximate surface area is 140 Å². The van der Waals surface area contributed by atoms with E-state index in [0.717, 1.165) is 32.0 Å². The van der Waals surface area contributed by atoms with Crippen LogP contribution in [0.2, 0.25) is 0 Å². The number of hydrogen-bond donors (Lipinski definition) is 0. The van der Waals surface area contributed by atoms with Crippen LogP contribution >= 0.6 is 0 Å². The van der Waals surface area contributed by atoms with Gasteiger partial charge in [-0.3, -0.25) is 9.58 Å². The van der Waals surface area contributed by atoms with E-state index >= 15 is 0 Å². The minimum Gasteiger partial charge on any atom is -0.299 e. The number of benzene rings is 1. The average molecular weight is 332 g/mol. The van der Waals surface area contributed by atoms with E-state index in [-0.39, 0.29) is 12.0 Å². The molecule has 0 unspecified atom stereocenters. The maximum atomic E-state index is 14.4. The van der Waals surface area contributed by atoms with Crippen molar-refractivity contribution in [3.05, 3.63) is 60.2 Å². The summed E-state index contributed by atoms with van der Waals surface area (Å²) in [7, 11) is 0. The summed E-state index contributed by atoms with van der Waals surface area (Å²) in [5, 5.41) is 4.14. The van der Waals surface area contributed by atoms with Gasteiger partial charge in [-0.1, -0.05) is 18.2 Å². The monoisotopic (exact) mass is 332 g/mol. The Balaban J connectivity index is 1.87. The fourth-order valence-electron chi connectivity index (χ4n) is 3.34. The Morgan fingerprint density at radius 3 is 2.62 bits per heavy atom. The van der Waals surface area contributed by atoms with Crippen LogP contribution in [0.1, 0.15) is 31.2 Å². The van der Waals surface area contributed by atoms with Crippen LogP contribution in [0.3, 0.4) is 0 Å². The van der Waals surface area contributed by atoms with Crippen molar-refractivity contribution in [2.24, 2.45) is 0 Å². The smallest absolute Gasteiger partial charge is 0.137 e. The van der Waals surface area contributed by atoms with E-state index in [1.54, 1.807) is 17.1 Å². The molecule has 6 heteroatoms. The molecule has 0 amide bonds. The molecule has 0 spiro atoms. The van der Waals surface area contributed by atoms with Crippen LogP contribution in [0.15, 0.2) is 43.0 Å². The second-order valence-electron chi connectivity index (χ2n) is 6.42. The summed E-state index contributed by atoms with van der Waals surface area (Å²) in [4.78, 5) is 6.31. The molecule has 0 saturated carbocycles. The predicted molar refractivity (Wildman–Crippen MR) is 88.5 cm³/mol. The number of nitrogens with zero attached hydrogens (tertiary/aromatic N) is 4. The van der Waals surface area contributed by atoms with Crippen LogP contribution in [0, 0.1) is 11.6 Å². The fraction of sp³-hybridized carbons (Fsp3) is 0.444. The van der Waals surface area contributed by atoms with Crippen molar-refractivity contribution in [2.75, 3.05) is 13.1 Å². The molecular weight excluding hydrogens is 310 g/mol. The first-order valence-corrected chi connectivity index (χ1v) is 8.22. The van der Waals surface area contributed by atoms with E-state index in [1.165, 1.54) is 18.0 Å². The summed E-state index contributed by atoms with van der Waals surface area (Å²) < 4.78 is 29.4. The molecule has 0 aliphatic carbocycles. The average Bonchev–Trinajstić information content (AvgIpc) is 3.06. The van der Waals surface area contributed by atoms with E-state index in [9.17, 15) is 8.78 Å². The van der Waals surface area contributed by atoms with Crippen LogP contribution in [0.5, 0.6) is 0 Å². The minimum absolute atomic E-state index is 0.0993. The molecule has 1 aliphatic rings. The van der Waals surface area contributed by atoms with Crippen molar-refractivity contribution in [1.82, 2.24) is 19.7 Å². The van der Waals surface area contributed by atoms with E-state index in [0.29, 0.717) is 12.1 Å². The van der Waals surface area contributed by atoms with Crippen molar-refractivity contribution in [3.8, 4) is 0 Å². The maximum absolute atomic E-state index is 14.4. The van der Waals surface area contributed by atoms with Gasteiger partial charge in [0.15, 0.2) is 0 Å². The van der Waals surface area contributed by atoms with E-state index in [1.807, 2.05) is 0 Å². The van der Waals surface area contributed by atoms with Crippen molar-refractivity contribution in [3.63, 3.8) is 0 Å². The second kappa shape index (κ2) is 7.21. The zero-order chi connectivity index (χ0) is 17.1. The van der Waals surface area contributed by atoms with Crippen LogP contribution in [-0.4, -0.2) is 38.8 Å². The molecule has 2 heterocycles. The lowest BCUT2D eigenvalue weighted by molar-refractivity contribution is 0.160. The van der Waals surface area contributed by atoms with Gasteiger partial charge in [0.05, 0.1) is 6.54 Å². The number of aromatic nitrogens is 3. The largest absolute Gasteiger partial charge is 0.299 e. The van der Waals surface area contributed by atoms with Gasteiger partial charge in [0.2, 0.25) is 0 Å². The van der Waals surface area contributed by atoms with Crippen molar-refractivity contribution in [1.29, 1.82) is 0 Å². The van der Waals surface area contributed by atoms with Crippen molar-refractivity contribution < 1.29 is 8.78 Å². The molecule has 1 saturated heterocycles. The first kappa shape index (κ1) is 16.8. The Morgan fingerprint density at radius 1 is 1.25 bits per heavy atom. The molecular formula is C18H22F2N4. The number of halogens is 2. The van der Waals surface area contributed by atoms with Gasteiger partial charge in [0.1, 0.15) is 24.3 Å². The Morgan fingerprint density at radius 2 is 2.00 bits per heavy atom. The van der Waals surface area contributed by atoms with Gasteiger partial charge in [-0.2, -0.15) is 5.10 Å². The molecule has 2 aromatic rings. The summed E-state index contributed by atoms with van der Waals surface area (Å²) in [6, 6.07) is 3.92. The van der Waals surface area contributed by atoms with Crippen LogP contribution in [0.25, 0.3) is 0 Å². The zero-order valence-electron chi connectivity index (χ0n) is 13.8. The summed E-state index contributed by atoms with van der Waals surface area (Å²) >= 11 is 0. The Bertz CT molecular complexity index is 689. The summed E-state index contributed by atoms with van der Waals surface area (Å²) in [5.41, 5.74) is 1.78. The third-order valence-electron chi connectivity index (χ3n) is 4.88. The zero-order valence-corrected chi connectivity index (χ0v) is 13.8. The molecule has 0 bridgehead atoms. The highest BCUT2D eigenvalue weighted by molar-refractivity contribution is 5.24. The van der Waals surface area contributed by atoms with Gasteiger partial charge in [0, 0.05) is 31.1 Å². The van der Waals surface area contributed by atoms with Crippen LogP contribution < -0.4 is 0 Å². The van der Waals surface area contributed by atoms with E-state index in [4.69, 9.17) is 0 Å². The first-order chi connectivity index (χ1) is 11.5. The molecule has 3 rings (SSSR count). The third-order valence-corrected chi connectivity index (χ3v) is 4.88. The van der Waals surface area contributed by atoms with Gasteiger partial charge >= 0.3 is 0 Å². The fourth-order valence-corrected chi connectivity index (χ4v) is 3.34. The molecule has 1 fully saturated rings. The highest BCUT2D eigenvalue weighted by atomic mass is 19.1. The summed E-state index contributed by atoms with van der Waals surface area (Å²) in [6.07, 6.45) is 5.02. The lowest BCUT2D eigenvalue weighted by Crippen LogP contribution is -2.42. The molecule has 1 aromatic carbocycles. The lowest BCUT2D eigenvalue weighted by atomic mass is 9.89. The number of likely N-dealkylation sites (tertiary alicyclic amines) is 1.